The molecule has 16 heavy (non-hydrogen) atoms. The Hall–Kier alpha value is -1.62. The second kappa shape index (κ2) is 5.46. The molecule has 0 saturated carbocycles. The minimum atomic E-state index is -1.24. The van der Waals surface area contributed by atoms with Crippen molar-refractivity contribution in [1.29, 1.82) is 0 Å². The Morgan fingerprint density at radius 2 is 2.25 bits per heavy atom. The maximum atomic E-state index is 11.7. The predicted octanol–water partition coefficient (Wildman–Crippen LogP) is 2.81. The second-order valence-corrected chi connectivity index (χ2v) is 3.54. The van der Waals surface area contributed by atoms with Gasteiger partial charge in [-0.15, -0.1) is 0 Å². The number of ketones is 1. The summed E-state index contributed by atoms with van der Waals surface area (Å²) in [6, 6.07) is 1.37. The van der Waals surface area contributed by atoms with E-state index in [1.165, 1.54) is 12.3 Å². The highest BCUT2D eigenvalue weighted by atomic mass is 35.5. The summed E-state index contributed by atoms with van der Waals surface area (Å²) in [6.07, 6.45) is 1.02. The quantitative estimate of drug-likeness (QED) is 0.629. The summed E-state index contributed by atoms with van der Waals surface area (Å²) in [5.74, 6) is -0.157. The van der Waals surface area contributed by atoms with Crippen LogP contribution in [0.5, 0.6) is 0 Å². The second-order valence-electron chi connectivity index (χ2n) is 3.16. The molecule has 0 unspecified atom stereocenters. The van der Waals surface area contributed by atoms with Gasteiger partial charge in [0.05, 0.1) is 11.9 Å². The van der Waals surface area contributed by atoms with Gasteiger partial charge in [-0.2, -0.15) is 0 Å². The first kappa shape index (κ1) is 12.4. The number of nitrogens with zero attached hydrogens (tertiary/aromatic N) is 1. The molecule has 0 aromatic carbocycles. The van der Waals surface area contributed by atoms with Crippen molar-refractivity contribution in [1.82, 2.24) is 4.98 Å². The van der Waals surface area contributed by atoms with E-state index >= 15 is 0 Å². The summed E-state index contributed by atoms with van der Waals surface area (Å²) in [6.45, 7) is 1.87. The van der Waals surface area contributed by atoms with Crippen LogP contribution in [-0.4, -0.2) is 22.0 Å². The first-order valence-electron chi connectivity index (χ1n) is 4.73. The highest BCUT2D eigenvalue weighted by Crippen LogP contribution is 2.20. The fraction of sp³-hybridized carbons (Fsp3) is 0.300. The summed E-state index contributed by atoms with van der Waals surface area (Å²) in [7, 11) is 0. The molecule has 0 saturated heterocycles. The van der Waals surface area contributed by atoms with Crippen LogP contribution in [0.3, 0.4) is 0 Å². The molecule has 1 aromatic rings. The van der Waals surface area contributed by atoms with Gasteiger partial charge in [0.1, 0.15) is 5.15 Å². The average molecular weight is 243 g/mol. The molecule has 1 rings (SSSR count). The van der Waals surface area contributed by atoms with Gasteiger partial charge in [0.2, 0.25) is 0 Å². The number of halogens is 1. The molecular formula is C10H11ClN2O3. The van der Waals surface area contributed by atoms with Crippen LogP contribution in [0.2, 0.25) is 5.15 Å². The number of Topliss-reactive ketones (excluding diaryl/α,β-unsaturated/α-hetero) is 1. The van der Waals surface area contributed by atoms with E-state index in [9.17, 15) is 9.59 Å². The van der Waals surface area contributed by atoms with E-state index in [0.29, 0.717) is 12.8 Å². The van der Waals surface area contributed by atoms with Gasteiger partial charge >= 0.3 is 6.09 Å². The number of hydrogen-bond acceptors (Lipinski definition) is 3. The molecule has 0 radical (unpaired) electrons. The predicted molar refractivity (Wildman–Crippen MR) is 60.1 cm³/mol. The van der Waals surface area contributed by atoms with E-state index in [1.807, 2.05) is 6.92 Å². The smallest absolute Gasteiger partial charge is 0.409 e. The summed E-state index contributed by atoms with van der Waals surface area (Å²) in [5.41, 5.74) is 0.416. The zero-order valence-electron chi connectivity index (χ0n) is 8.66. The molecule has 0 aliphatic heterocycles. The van der Waals surface area contributed by atoms with Gasteiger partial charge in [0.15, 0.2) is 5.78 Å². The third kappa shape index (κ3) is 3.20. The Morgan fingerprint density at radius 3 is 2.81 bits per heavy atom. The Kier molecular flexibility index (Phi) is 4.25. The van der Waals surface area contributed by atoms with Crippen molar-refractivity contribution in [2.45, 2.75) is 19.8 Å². The topological polar surface area (TPSA) is 79.3 Å². The molecule has 0 spiro atoms. The zero-order chi connectivity index (χ0) is 12.1. The lowest BCUT2D eigenvalue weighted by molar-refractivity contribution is 0.0982. The van der Waals surface area contributed by atoms with Crippen molar-refractivity contribution >= 4 is 29.2 Å². The Labute approximate surface area is 97.4 Å². The van der Waals surface area contributed by atoms with Crippen molar-refractivity contribution < 1.29 is 14.7 Å². The number of hydrogen-bond donors (Lipinski definition) is 2. The van der Waals surface area contributed by atoms with Gasteiger partial charge in [0, 0.05) is 12.0 Å². The Morgan fingerprint density at radius 1 is 1.56 bits per heavy atom. The fourth-order valence-electron chi connectivity index (χ4n) is 1.24. The molecule has 1 amide bonds. The molecule has 1 aromatic heterocycles. The third-order valence-electron chi connectivity index (χ3n) is 1.89. The van der Waals surface area contributed by atoms with Crippen molar-refractivity contribution in [3.63, 3.8) is 0 Å². The van der Waals surface area contributed by atoms with Crippen LogP contribution in [0, 0.1) is 0 Å². The molecule has 0 aliphatic carbocycles. The van der Waals surface area contributed by atoms with Crippen LogP contribution in [0.4, 0.5) is 10.5 Å². The number of pyridine rings is 1. The summed E-state index contributed by atoms with van der Waals surface area (Å²) in [5, 5.41) is 10.9. The molecule has 5 nitrogen and oxygen atoms in total. The van der Waals surface area contributed by atoms with E-state index in [1.54, 1.807) is 0 Å². The van der Waals surface area contributed by atoms with Crippen LogP contribution in [0.25, 0.3) is 0 Å². The number of rotatable bonds is 4. The monoisotopic (exact) mass is 242 g/mol. The highest BCUT2D eigenvalue weighted by Gasteiger charge is 2.13. The number of nitrogens with one attached hydrogen (secondary N) is 1. The van der Waals surface area contributed by atoms with E-state index < -0.39 is 6.09 Å². The summed E-state index contributed by atoms with van der Waals surface area (Å²) >= 11 is 5.66. The minimum Gasteiger partial charge on any atom is -0.465 e. The van der Waals surface area contributed by atoms with Crippen molar-refractivity contribution in [3.8, 4) is 0 Å². The zero-order valence-corrected chi connectivity index (χ0v) is 9.41. The van der Waals surface area contributed by atoms with E-state index in [2.05, 4.69) is 10.3 Å². The van der Waals surface area contributed by atoms with E-state index in [0.717, 1.165) is 0 Å². The number of carboxylic acid groups (broad SMARTS) is 1. The number of amides is 1. The Balaban J connectivity index is 3.07. The van der Waals surface area contributed by atoms with Crippen molar-refractivity contribution in [2.75, 3.05) is 5.32 Å². The largest absolute Gasteiger partial charge is 0.465 e. The molecule has 1 heterocycles. The molecule has 6 heteroatoms. The van der Waals surface area contributed by atoms with Gasteiger partial charge in [-0.1, -0.05) is 18.5 Å². The molecule has 0 fully saturated rings. The molecule has 0 bridgehead atoms. The first-order valence-corrected chi connectivity index (χ1v) is 5.11. The van der Waals surface area contributed by atoms with Crippen LogP contribution in [0.15, 0.2) is 12.3 Å². The average Bonchev–Trinajstić information content (AvgIpc) is 2.20. The minimum absolute atomic E-state index is 0.157. The molecule has 86 valence electrons. The third-order valence-corrected chi connectivity index (χ3v) is 2.10. The van der Waals surface area contributed by atoms with Crippen LogP contribution < -0.4 is 5.32 Å². The summed E-state index contributed by atoms with van der Waals surface area (Å²) < 4.78 is 0. The maximum Gasteiger partial charge on any atom is 0.409 e. The lowest BCUT2D eigenvalue weighted by Crippen LogP contribution is -2.12. The SMILES string of the molecule is CCCC(=O)c1cc(Cl)ncc1NC(=O)O. The lowest BCUT2D eigenvalue weighted by atomic mass is 10.1. The highest BCUT2D eigenvalue weighted by molar-refractivity contribution is 6.30. The van der Waals surface area contributed by atoms with Crippen LogP contribution in [-0.2, 0) is 0 Å². The lowest BCUT2D eigenvalue weighted by Gasteiger charge is -2.07. The maximum absolute atomic E-state index is 11.7. The number of carbonyl (C=O) groups is 2. The van der Waals surface area contributed by atoms with Gasteiger partial charge < -0.3 is 5.11 Å². The van der Waals surface area contributed by atoms with Gasteiger partial charge in [-0.05, 0) is 12.5 Å². The normalized spacial score (nSPS) is 9.88. The van der Waals surface area contributed by atoms with Gasteiger partial charge in [0.25, 0.3) is 0 Å². The van der Waals surface area contributed by atoms with Crippen LogP contribution >= 0.6 is 11.6 Å². The number of carbonyl (C=O) groups excluding carboxylic acids is 1. The van der Waals surface area contributed by atoms with E-state index in [-0.39, 0.29) is 22.2 Å². The number of anilines is 1. The van der Waals surface area contributed by atoms with Crippen molar-refractivity contribution in [3.05, 3.63) is 23.0 Å². The first-order chi connectivity index (χ1) is 7.54. The van der Waals surface area contributed by atoms with Gasteiger partial charge in [-0.3, -0.25) is 10.1 Å². The standard InChI is InChI=1S/C10H11ClN2O3/c1-2-3-8(14)6-4-9(11)12-5-7(6)13-10(15)16/h4-5,13H,2-3H2,1H3,(H,15,16). The molecular weight excluding hydrogens is 232 g/mol. The summed E-state index contributed by atoms with van der Waals surface area (Å²) in [4.78, 5) is 25.9. The molecule has 0 atom stereocenters. The molecule has 2 N–H and O–H groups in total. The molecule has 0 aliphatic rings. The van der Waals surface area contributed by atoms with Gasteiger partial charge in [-0.25, -0.2) is 9.78 Å². The number of aromatic nitrogens is 1. The van der Waals surface area contributed by atoms with Crippen molar-refractivity contribution in [2.24, 2.45) is 0 Å². The van der Waals surface area contributed by atoms with Crippen LogP contribution in [0.1, 0.15) is 30.1 Å². The fourth-order valence-corrected chi connectivity index (χ4v) is 1.40. The Bertz CT molecular complexity index is 421. The van der Waals surface area contributed by atoms with E-state index in [4.69, 9.17) is 16.7 Å².